The maximum absolute atomic E-state index is 12.2. The number of ketones is 1. The van der Waals surface area contributed by atoms with E-state index < -0.39 is 0 Å². The van der Waals surface area contributed by atoms with E-state index in [9.17, 15) is 4.79 Å². The molecule has 0 saturated heterocycles. The van der Waals surface area contributed by atoms with E-state index in [2.05, 4.69) is 4.98 Å². The van der Waals surface area contributed by atoms with Gasteiger partial charge in [0.05, 0.1) is 18.5 Å². The molecule has 0 radical (unpaired) electrons. The largest absolute Gasteiger partial charge is 0.497 e. The Morgan fingerprint density at radius 3 is 2.70 bits per heavy atom. The number of ether oxygens (including phenoxy) is 1. The third-order valence-corrected chi connectivity index (χ3v) is 3.70. The van der Waals surface area contributed by atoms with Crippen LogP contribution in [0.4, 0.5) is 0 Å². The highest BCUT2D eigenvalue weighted by atomic mass is 16.5. The summed E-state index contributed by atoms with van der Waals surface area (Å²) in [6.07, 6.45) is 3.80. The zero-order valence-corrected chi connectivity index (χ0v) is 10.9. The predicted octanol–water partition coefficient (Wildman–Crippen LogP) is 3.03. The van der Waals surface area contributed by atoms with E-state index in [1.165, 1.54) is 0 Å². The van der Waals surface area contributed by atoms with Crippen LogP contribution < -0.4 is 4.74 Å². The lowest BCUT2D eigenvalue weighted by molar-refractivity contribution is 0.103. The smallest absolute Gasteiger partial charge is 0.228 e. The Balaban J connectivity index is 1.90. The topological polar surface area (TPSA) is 47.0 Å². The van der Waals surface area contributed by atoms with Crippen molar-refractivity contribution in [2.75, 3.05) is 7.11 Å². The van der Waals surface area contributed by atoms with Crippen LogP contribution in [-0.4, -0.2) is 22.4 Å². The first kappa shape index (κ1) is 11.1. The van der Waals surface area contributed by atoms with Gasteiger partial charge in [-0.15, -0.1) is 0 Å². The summed E-state index contributed by atoms with van der Waals surface area (Å²) in [6, 6.07) is 11.6. The van der Waals surface area contributed by atoms with Gasteiger partial charge >= 0.3 is 0 Å². The lowest BCUT2D eigenvalue weighted by Gasteiger charge is -2.05. The van der Waals surface area contributed by atoms with Crippen LogP contribution in [0.5, 0.6) is 5.75 Å². The van der Waals surface area contributed by atoms with Gasteiger partial charge < -0.3 is 14.3 Å². The number of benzene rings is 1. The van der Waals surface area contributed by atoms with Crippen molar-refractivity contribution in [3.63, 3.8) is 0 Å². The third kappa shape index (κ3) is 1.33. The third-order valence-electron chi connectivity index (χ3n) is 3.70. The minimum absolute atomic E-state index is 0.0461. The van der Waals surface area contributed by atoms with Crippen LogP contribution in [0.25, 0.3) is 16.8 Å². The Morgan fingerprint density at radius 2 is 1.95 bits per heavy atom. The minimum atomic E-state index is 0.0461. The first-order valence-electron chi connectivity index (χ1n) is 6.38. The molecule has 2 aromatic heterocycles. The molecular formula is C16H12N2O2. The average Bonchev–Trinajstić information content (AvgIpc) is 3.16. The molecule has 3 aromatic rings. The number of fused-ring (bicyclic) bond motifs is 3. The molecule has 0 fully saturated rings. The normalized spacial score (nSPS) is 12.3. The highest BCUT2D eigenvalue weighted by Gasteiger charge is 2.30. The van der Waals surface area contributed by atoms with Crippen LogP contribution in [0.15, 0.2) is 48.8 Å². The predicted molar refractivity (Wildman–Crippen MR) is 75.5 cm³/mol. The second-order valence-corrected chi connectivity index (χ2v) is 4.75. The summed E-state index contributed by atoms with van der Waals surface area (Å²) < 4.78 is 7.11. The van der Waals surface area contributed by atoms with Gasteiger partial charge in [0, 0.05) is 18.0 Å². The number of H-pyrrole nitrogens is 1. The Hall–Kier alpha value is -2.75. The summed E-state index contributed by atoms with van der Waals surface area (Å²) in [5.41, 5.74) is 4.37. The molecule has 4 nitrogen and oxygen atoms in total. The van der Waals surface area contributed by atoms with Crippen molar-refractivity contribution in [3.05, 3.63) is 60.2 Å². The van der Waals surface area contributed by atoms with Crippen LogP contribution in [0, 0.1) is 0 Å². The number of methoxy groups -OCH3 is 1. The Kier molecular flexibility index (Phi) is 2.15. The number of aromatic amines is 1. The molecule has 20 heavy (non-hydrogen) atoms. The zero-order valence-electron chi connectivity index (χ0n) is 10.9. The van der Waals surface area contributed by atoms with E-state index in [1.54, 1.807) is 7.11 Å². The highest BCUT2D eigenvalue weighted by molar-refractivity contribution is 6.14. The number of nitrogens with one attached hydrogen (secondary N) is 1. The Bertz CT molecular complexity index is 809. The van der Waals surface area contributed by atoms with Gasteiger partial charge in [0.25, 0.3) is 0 Å². The SMILES string of the molecule is COc1ccc(-c2c[nH]c3c2-n2cccc2C3=O)cc1. The zero-order chi connectivity index (χ0) is 13.7. The fourth-order valence-corrected chi connectivity index (χ4v) is 2.72. The lowest BCUT2D eigenvalue weighted by Crippen LogP contribution is -1.96. The number of carbonyl (C=O) groups excluding carboxylic acids is 1. The molecule has 0 saturated carbocycles. The molecule has 0 bridgehead atoms. The molecule has 1 aliphatic rings. The molecule has 1 aliphatic heterocycles. The molecule has 98 valence electrons. The standard InChI is InChI=1S/C16H12N2O2/c1-20-11-6-4-10(5-7-11)12-9-17-14-15(12)18-8-2-3-13(18)16(14)19/h2-9,17H,1H3. The quantitative estimate of drug-likeness (QED) is 0.605. The molecule has 0 atom stereocenters. The van der Waals surface area contributed by atoms with Gasteiger partial charge in [0.15, 0.2) is 0 Å². The molecule has 4 rings (SSSR count). The fourth-order valence-electron chi connectivity index (χ4n) is 2.72. The van der Waals surface area contributed by atoms with Gasteiger partial charge in [-0.1, -0.05) is 12.1 Å². The van der Waals surface area contributed by atoms with Gasteiger partial charge in [-0.2, -0.15) is 0 Å². The van der Waals surface area contributed by atoms with E-state index >= 15 is 0 Å². The van der Waals surface area contributed by atoms with Crippen LogP contribution in [0.3, 0.4) is 0 Å². The maximum Gasteiger partial charge on any atom is 0.228 e. The van der Waals surface area contributed by atoms with Crippen LogP contribution in [-0.2, 0) is 0 Å². The first-order valence-corrected chi connectivity index (χ1v) is 6.38. The van der Waals surface area contributed by atoms with E-state index in [0.717, 1.165) is 22.6 Å². The van der Waals surface area contributed by atoms with E-state index in [-0.39, 0.29) is 5.78 Å². The van der Waals surface area contributed by atoms with Gasteiger partial charge in [-0.05, 0) is 29.8 Å². The van der Waals surface area contributed by atoms with Crippen LogP contribution in [0.1, 0.15) is 16.2 Å². The summed E-state index contributed by atoms with van der Waals surface area (Å²) in [4.78, 5) is 15.3. The summed E-state index contributed by atoms with van der Waals surface area (Å²) in [5.74, 6) is 0.864. The summed E-state index contributed by atoms with van der Waals surface area (Å²) in [6.45, 7) is 0. The molecule has 0 spiro atoms. The molecule has 1 N–H and O–H groups in total. The number of hydrogen-bond acceptors (Lipinski definition) is 2. The van der Waals surface area contributed by atoms with Gasteiger partial charge in [-0.3, -0.25) is 4.79 Å². The van der Waals surface area contributed by atoms with Crippen LogP contribution >= 0.6 is 0 Å². The number of nitrogens with zero attached hydrogens (tertiary/aromatic N) is 1. The van der Waals surface area contributed by atoms with E-state index in [1.807, 2.05) is 53.4 Å². The van der Waals surface area contributed by atoms with Crippen molar-refractivity contribution < 1.29 is 9.53 Å². The molecule has 4 heteroatoms. The molecule has 0 aliphatic carbocycles. The summed E-state index contributed by atoms with van der Waals surface area (Å²) in [5, 5.41) is 0. The monoisotopic (exact) mass is 264 g/mol. The van der Waals surface area contributed by atoms with Gasteiger partial charge in [-0.25, -0.2) is 0 Å². The van der Waals surface area contributed by atoms with Crippen molar-refractivity contribution >= 4 is 5.78 Å². The van der Waals surface area contributed by atoms with Crippen molar-refractivity contribution in [3.8, 4) is 22.6 Å². The van der Waals surface area contributed by atoms with Gasteiger partial charge in [0.1, 0.15) is 11.4 Å². The summed E-state index contributed by atoms with van der Waals surface area (Å²) >= 11 is 0. The maximum atomic E-state index is 12.2. The Labute approximate surface area is 115 Å². The molecule has 0 amide bonds. The Morgan fingerprint density at radius 1 is 1.15 bits per heavy atom. The van der Waals surface area contributed by atoms with Crippen LogP contribution in [0.2, 0.25) is 0 Å². The highest BCUT2D eigenvalue weighted by Crippen LogP contribution is 2.36. The average molecular weight is 264 g/mol. The second kappa shape index (κ2) is 3.87. The van der Waals surface area contributed by atoms with E-state index in [4.69, 9.17) is 4.74 Å². The van der Waals surface area contributed by atoms with Crippen molar-refractivity contribution in [1.82, 2.24) is 9.55 Å². The second-order valence-electron chi connectivity index (χ2n) is 4.75. The summed E-state index contributed by atoms with van der Waals surface area (Å²) in [7, 11) is 1.65. The van der Waals surface area contributed by atoms with Crippen molar-refractivity contribution in [2.24, 2.45) is 0 Å². The molecule has 0 unspecified atom stereocenters. The first-order chi connectivity index (χ1) is 9.79. The number of hydrogen-bond donors (Lipinski definition) is 1. The van der Waals surface area contributed by atoms with Crippen molar-refractivity contribution in [1.29, 1.82) is 0 Å². The van der Waals surface area contributed by atoms with E-state index in [0.29, 0.717) is 11.4 Å². The number of aromatic nitrogens is 2. The minimum Gasteiger partial charge on any atom is -0.497 e. The fraction of sp³-hybridized carbons (Fsp3) is 0.0625. The molecule has 1 aromatic carbocycles. The van der Waals surface area contributed by atoms with Crippen molar-refractivity contribution in [2.45, 2.75) is 0 Å². The molecule has 3 heterocycles. The number of carbonyl (C=O) groups is 1. The lowest BCUT2D eigenvalue weighted by atomic mass is 10.1. The van der Waals surface area contributed by atoms with Gasteiger partial charge in [0.2, 0.25) is 5.78 Å². The number of rotatable bonds is 2. The molecular weight excluding hydrogens is 252 g/mol.